The zero-order chi connectivity index (χ0) is 7.98. The van der Waals surface area contributed by atoms with Crippen molar-refractivity contribution in [2.45, 2.75) is 12.8 Å². The quantitative estimate of drug-likeness (QED) is 0.297. The minimum Gasteiger partial charge on any atom is -0.289 e. The number of hydroxylamine groups is 2. The Morgan fingerprint density at radius 3 is 1.50 bits per heavy atom. The van der Waals surface area contributed by atoms with Crippen LogP contribution in [0, 0.1) is 0 Å². The largest absolute Gasteiger partial charge is 0.289 e. The molecule has 58 valence electrons. The summed E-state index contributed by atoms with van der Waals surface area (Å²) in [6, 6.07) is 0. The summed E-state index contributed by atoms with van der Waals surface area (Å²) >= 11 is 0. The first kappa shape index (κ1) is 8.86. The molecule has 0 spiro atoms. The van der Waals surface area contributed by atoms with Crippen LogP contribution in [0.15, 0.2) is 0 Å². The van der Waals surface area contributed by atoms with Crippen LogP contribution in [0.4, 0.5) is 0 Å². The molecule has 0 aliphatic heterocycles. The lowest BCUT2D eigenvalue weighted by Gasteiger charge is -1.95. The van der Waals surface area contributed by atoms with Gasteiger partial charge >= 0.3 is 0 Å². The molecule has 0 aromatic carbocycles. The average molecular weight is 148 g/mol. The Morgan fingerprint density at radius 2 is 1.30 bits per heavy atom. The van der Waals surface area contributed by atoms with E-state index in [1.165, 1.54) is 11.0 Å². The molecule has 0 unspecified atom stereocenters. The highest BCUT2D eigenvalue weighted by molar-refractivity contribution is 5.82. The van der Waals surface area contributed by atoms with E-state index < -0.39 is 11.8 Å². The molecule has 0 bridgehead atoms. The van der Waals surface area contributed by atoms with Crippen LogP contribution in [0.2, 0.25) is 0 Å². The first-order chi connectivity index (χ1) is 4.70. The molecule has 0 aromatic rings. The standard InChI is InChI=1S/C4H8N2O4/c7-3(5-9)1-2-4(8)6-10/h9-10H,1-2H2,(H,5,7)(H,6,8). The molecule has 10 heavy (non-hydrogen) atoms. The summed E-state index contributed by atoms with van der Waals surface area (Å²) in [5.41, 5.74) is 2.69. The third kappa shape index (κ3) is 3.81. The lowest BCUT2D eigenvalue weighted by molar-refractivity contribution is -0.134. The number of amides is 2. The van der Waals surface area contributed by atoms with Gasteiger partial charge in [0.15, 0.2) is 0 Å². The Bertz CT molecular complexity index is 119. The Kier molecular flexibility index (Phi) is 4.17. The highest BCUT2D eigenvalue weighted by Crippen LogP contribution is 1.86. The Hall–Kier alpha value is -1.14. The number of nitrogens with one attached hydrogen (secondary N) is 2. The Balaban J connectivity index is 3.35. The van der Waals surface area contributed by atoms with Crippen LogP contribution in [-0.2, 0) is 9.59 Å². The van der Waals surface area contributed by atoms with Gasteiger partial charge in [0.05, 0.1) is 0 Å². The molecular weight excluding hydrogens is 140 g/mol. The van der Waals surface area contributed by atoms with Crippen LogP contribution >= 0.6 is 0 Å². The zero-order valence-corrected chi connectivity index (χ0v) is 5.13. The van der Waals surface area contributed by atoms with Gasteiger partial charge in [-0.3, -0.25) is 20.0 Å². The third-order valence-corrected chi connectivity index (χ3v) is 0.829. The number of hydrogen-bond acceptors (Lipinski definition) is 4. The molecule has 0 radical (unpaired) electrons. The Morgan fingerprint density at radius 1 is 1.00 bits per heavy atom. The van der Waals surface area contributed by atoms with E-state index in [9.17, 15) is 9.59 Å². The summed E-state index contributed by atoms with van der Waals surface area (Å²) in [7, 11) is 0. The fourth-order valence-electron chi connectivity index (χ4n) is 0.339. The highest BCUT2D eigenvalue weighted by Gasteiger charge is 2.03. The summed E-state index contributed by atoms with van der Waals surface area (Å²) in [5, 5.41) is 15.9. The van der Waals surface area contributed by atoms with Gasteiger partial charge in [-0.1, -0.05) is 0 Å². The Labute approximate surface area is 56.8 Å². The normalized spacial score (nSPS) is 8.60. The van der Waals surface area contributed by atoms with Crippen LogP contribution in [0.3, 0.4) is 0 Å². The average Bonchev–Trinajstić information content (AvgIpc) is 1.99. The first-order valence-corrected chi connectivity index (χ1v) is 2.56. The first-order valence-electron chi connectivity index (χ1n) is 2.56. The second kappa shape index (κ2) is 4.71. The van der Waals surface area contributed by atoms with Gasteiger partial charge in [-0.2, -0.15) is 0 Å². The van der Waals surface area contributed by atoms with Crippen molar-refractivity contribution in [1.82, 2.24) is 11.0 Å². The van der Waals surface area contributed by atoms with Crippen molar-refractivity contribution in [2.24, 2.45) is 0 Å². The van der Waals surface area contributed by atoms with E-state index in [0.717, 1.165) is 0 Å². The minimum atomic E-state index is -0.663. The van der Waals surface area contributed by atoms with Gasteiger partial charge in [0.1, 0.15) is 0 Å². The van der Waals surface area contributed by atoms with Crippen LogP contribution in [-0.4, -0.2) is 22.2 Å². The summed E-state index contributed by atoms with van der Waals surface area (Å²) in [5.74, 6) is -1.33. The molecule has 0 aliphatic rings. The van der Waals surface area contributed by atoms with Crippen LogP contribution in [0.1, 0.15) is 12.8 Å². The molecule has 0 saturated carbocycles. The maximum atomic E-state index is 10.2. The van der Waals surface area contributed by atoms with E-state index in [1.54, 1.807) is 0 Å². The molecular formula is C4H8N2O4. The maximum Gasteiger partial charge on any atom is 0.243 e. The molecule has 0 fully saturated rings. The summed E-state index contributed by atoms with van der Waals surface area (Å²) < 4.78 is 0. The van der Waals surface area contributed by atoms with Gasteiger partial charge in [-0.05, 0) is 0 Å². The molecule has 4 N–H and O–H groups in total. The summed E-state index contributed by atoms with van der Waals surface area (Å²) in [6.45, 7) is 0. The SMILES string of the molecule is O=C(CCC(=O)NO)NO. The third-order valence-electron chi connectivity index (χ3n) is 0.829. The maximum absolute atomic E-state index is 10.2. The number of hydrogen-bond donors (Lipinski definition) is 4. The molecule has 0 saturated heterocycles. The molecule has 0 heterocycles. The van der Waals surface area contributed by atoms with E-state index in [0.29, 0.717) is 0 Å². The van der Waals surface area contributed by atoms with Crippen molar-refractivity contribution in [1.29, 1.82) is 0 Å². The zero-order valence-electron chi connectivity index (χ0n) is 5.13. The molecule has 0 aliphatic carbocycles. The van der Waals surface area contributed by atoms with Gasteiger partial charge in [-0.25, -0.2) is 11.0 Å². The van der Waals surface area contributed by atoms with E-state index >= 15 is 0 Å². The van der Waals surface area contributed by atoms with Crippen molar-refractivity contribution in [3.8, 4) is 0 Å². The van der Waals surface area contributed by atoms with Gasteiger partial charge in [0.2, 0.25) is 11.8 Å². The van der Waals surface area contributed by atoms with Crippen LogP contribution in [0.5, 0.6) is 0 Å². The predicted molar refractivity (Wildman–Crippen MR) is 29.1 cm³/mol. The van der Waals surface area contributed by atoms with Crippen molar-refractivity contribution < 1.29 is 20.0 Å². The molecule has 6 nitrogen and oxygen atoms in total. The lowest BCUT2D eigenvalue weighted by Crippen LogP contribution is -2.23. The predicted octanol–water partition coefficient (Wildman–Crippen LogP) is -1.22. The monoisotopic (exact) mass is 148 g/mol. The minimum absolute atomic E-state index is 0.150. The van der Waals surface area contributed by atoms with Crippen molar-refractivity contribution in [2.75, 3.05) is 0 Å². The number of carbonyl (C=O) groups excluding carboxylic acids is 2. The lowest BCUT2D eigenvalue weighted by atomic mass is 10.3. The van der Waals surface area contributed by atoms with Gasteiger partial charge in [-0.15, -0.1) is 0 Å². The number of carbonyl (C=O) groups is 2. The topological polar surface area (TPSA) is 98.7 Å². The van der Waals surface area contributed by atoms with Crippen molar-refractivity contribution in [3.05, 3.63) is 0 Å². The van der Waals surface area contributed by atoms with Crippen molar-refractivity contribution in [3.63, 3.8) is 0 Å². The van der Waals surface area contributed by atoms with Crippen LogP contribution in [0.25, 0.3) is 0 Å². The van der Waals surface area contributed by atoms with Gasteiger partial charge in [0.25, 0.3) is 0 Å². The summed E-state index contributed by atoms with van der Waals surface area (Å²) in [4.78, 5) is 20.4. The number of rotatable bonds is 3. The van der Waals surface area contributed by atoms with Crippen LogP contribution < -0.4 is 11.0 Å². The molecule has 6 heteroatoms. The van der Waals surface area contributed by atoms with Gasteiger partial charge < -0.3 is 0 Å². The fraction of sp³-hybridized carbons (Fsp3) is 0.500. The molecule has 0 aromatic heterocycles. The fourth-order valence-corrected chi connectivity index (χ4v) is 0.339. The van der Waals surface area contributed by atoms with E-state index in [4.69, 9.17) is 10.4 Å². The van der Waals surface area contributed by atoms with E-state index in [2.05, 4.69) is 0 Å². The second-order valence-electron chi connectivity index (χ2n) is 1.57. The molecule has 0 atom stereocenters. The van der Waals surface area contributed by atoms with E-state index in [1.807, 2.05) is 0 Å². The molecule has 0 rings (SSSR count). The molecule has 2 amide bonds. The van der Waals surface area contributed by atoms with Crippen molar-refractivity contribution >= 4 is 11.8 Å². The second-order valence-corrected chi connectivity index (χ2v) is 1.57. The van der Waals surface area contributed by atoms with E-state index in [-0.39, 0.29) is 12.8 Å². The highest BCUT2D eigenvalue weighted by atomic mass is 16.5. The van der Waals surface area contributed by atoms with Gasteiger partial charge in [0, 0.05) is 12.8 Å². The smallest absolute Gasteiger partial charge is 0.243 e. The summed E-state index contributed by atoms with van der Waals surface area (Å²) in [6.07, 6.45) is -0.300.